The lowest BCUT2D eigenvalue weighted by atomic mass is 10.0. The number of likely N-dealkylation sites (tertiary alicyclic amines) is 1. The van der Waals surface area contributed by atoms with Crippen LogP contribution in [-0.2, 0) is 28.9 Å². The van der Waals surface area contributed by atoms with Gasteiger partial charge < -0.3 is 24.3 Å². The Morgan fingerprint density at radius 3 is 2.58 bits per heavy atom. The molecule has 1 saturated carbocycles. The zero-order chi connectivity index (χ0) is 36.6. The van der Waals surface area contributed by atoms with Gasteiger partial charge >= 0.3 is 6.09 Å². The van der Waals surface area contributed by atoms with Gasteiger partial charge in [-0.25, -0.2) is 19.0 Å². The highest BCUT2D eigenvalue weighted by Crippen LogP contribution is 2.37. The normalized spacial score (nSPS) is 17.2. The largest absolute Gasteiger partial charge is 0.482 e. The van der Waals surface area contributed by atoms with Gasteiger partial charge in [0.2, 0.25) is 0 Å². The van der Waals surface area contributed by atoms with Crippen LogP contribution in [0.15, 0.2) is 65.1 Å². The van der Waals surface area contributed by atoms with E-state index in [9.17, 15) is 13.8 Å². The molecule has 2 aliphatic rings. The molecule has 0 spiro atoms. The third kappa shape index (κ3) is 7.59. The molecule has 1 aromatic carbocycles. The summed E-state index contributed by atoms with van der Waals surface area (Å²) in [6, 6.07) is 18.9. The van der Waals surface area contributed by atoms with E-state index in [-0.39, 0.29) is 18.6 Å². The van der Waals surface area contributed by atoms with Crippen molar-refractivity contribution in [2.45, 2.75) is 77.3 Å². The number of alkyl carbamates (subject to hydrolysis) is 1. The Morgan fingerprint density at radius 2 is 1.85 bits per heavy atom. The van der Waals surface area contributed by atoms with E-state index in [1.54, 1.807) is 24.3 Å². The molecular formula is C39H45N7O5S. The van der Waals surface area contributed by atoms with Crippen LogP contribution >= 0.6 is 0 Å². The van der Waals surface area contributed by atoms with E-state index in [4.69, 9.17) is 19.4 Å². The molecule has 0 bridgehead atoms. The summed E-state index contributed by atoms with van der Waals surface area (Å²) in [7, 11) is 0.206. The number of aromatic nitrogens is 4. The Bertz CT molecular complexity index is 2180. The smallest absolute Gasteiger partial charge is 0.407 e. The van der Waals surface area contributed by atoms with Crippen LogP contribution in [0.4, 0.5) is 4.79 Å². The molecule has 1 aliphatic carbocycles. The molecule has 13 heteroatoms. The molecule has 2 fully saturated rings. The topological polar surface area (TPSA) is 132 Å². The number of methoxy groups -OCH3 is 1. The minimum Gasteiger partial charge on any atom is -0.482 e. The van der Waals surface area contributed by atoms with Gasteiger partial charge in [0.15, 0.2) is 5.88 Å². The number of carbonyl (C=O) groups excluding carboxylic acids is 2. The fourth-order valence-electron chi connectivity index (χ4n) is 6.60. The average Bonchev–Trinajstić information content (AvgIpc) is 3.81. The first-order valence-electron chi connectivity index (χ1n) is 17.8. The Balaban J connectivity index is 1.15. The fourth-order valence-corrected chi connectivity index (χ4v) is 7.12. The second-order valence-corrected chi connectivity index (χ2v) is 16.6. The molecule has 1 aliphatic heterocycles. The molecule has 7 rings (SSSR count). The maximum atomic E-state index is 13.9. The molecule has 1 N–H and O–H groups in total. The van der Waals surface area contributed by atoms with Crippen LogP contribution in [-0.4, -0.2) is 77.2 Å². The lowest BCUT2D eigenvalue weighted by Gasteiger charge is -2.33. The van der Waals surface area contributed by atoms with Crippen LogP contribution < -0.4 is 10.1 Å². The van der Waals surface area contributed by atoms with Crippen LogP contribution in [0.3, 0.4) is 0 Å². The zero-order valence-corrected chi connectivity index (χ0v) is 31.1. The van der Waals surface area contributed by atoms with Crippen molar-refractivity contribution in [3.05, 3.63) is 83.2 Å². The number of amides is 2. The molecule has 2 amide bonds. The van der Waals surface area contributed by atoms with Gasteiger partial charge in [-0.2, -0.15) is 4.40 Å². The number of fused-ring (bicyclic) bond motifs is 2. The summed E-state index contributed by atoms with van der Waals surface area (Å²) < 4.78 is 31.8. The van der Waals surface area contributed by atoms with E-state index < -0.39 is 21.8 Å². The quantitative estimate of drug-likeness (QED) is 0.163. The molecular weight excluding hydrogens is 679 g/mol. The van der Waals surface area contributed by atoms with E-state index >= 15 is 0 Å². The van der Waals surface area contributed by atoms with Crippen molar-refractivity contribution < 1.29 is 23.3 Å². The average molecular weight is 724 g/mol. The lowest BCUT2D eigenvalue weighted by Crippen LogP contribution is -2.49. The van der Waals surface area contributed by atoms with Gasteiger partial charge in [-0.05, 0) is 89.1 Å². The number of nitrogens with one attached hydrogen (secondary N) is 1. The Kier molecular flexibility index (Phi) is 9.88. The fraction of sp³-hybridized carbons (Fsp3) is 0.410. The first-order valence-corrected chi connectivity index (χ1v) is 18.9. The highest BCUT2D eigenvalue weighted by atomic mass is 32.2. The molecule has 272 valence electrons. The van der Waals surface area contributed by atoms with Crippen molar-refractivity contribution in [2.75, 3.05) is 20.2 Å². The molecule has 5 aromatic rings. The lowest BCUT2D eigenvalue weighted by molar-refractivity contribution is 0.0682. The predicted molar refractivity (Wildman–Crippen MR) is 202 cm³/mol. The van der Waals surface area contributed by atoms with Gasteiger partial charge in [-0.3, -0.25) is 9.20 Å². The maximum absolute atomic E-state index is 13.9. The third-order valence-corrected chi connectivity index (χ3v) is 10.9. The SMILES string of the molecule is COc1cc(C(=O)N2CCC[C@@H](NC(=O)OCc3ccccc3)C2)cc2nc(-c3cc4ccc(C=N[S@](=O)C(C)(C)C)nc4n3CC3CC3)c(C)n12. The molecule has 5 heterocycles. The third-order valence-electron chi connectivity index (χ3n) is 9.57. The van der Waals surface area contributed by atoms with Gasteiger partial charge in [-0.1, -0.05) is 30.3 Å². The second kappa shape index (κ2) is 14.5. The molecule has 4 aromatic heterocycles. The molecule has 2 atom stereocenters. The number of benzene rings is 1. The van der Waals surface area contributed by atoms with E-state index in [2.05, 4.69) is 20.3 Å². The number of piperidine rings is 1. The molecule has 1 saturated heterocycles. The Hall–Kier alpha value is -5.04. The van der Waals surface area contributed by atoms with Gasteiger partial charge in [0.25, 0.3) is 5.91 Å². The van der Waals surface area contributed by atoms with Crippen molar-refractivity contribution >= 4 is 45.9 Å². The monoisotopic (exact) mass is 723 g/mol. The van der Waals surface area contributed by atoms with Crippen molar-refractivity contribution in [3.63, 3.8) is 0 Å². The second-order valence-electron chi connectivity index (χ2n) is 14.7. The number of ether oxygens (including phenoxy) is 2. The van der Waals surface area contributed by atoms with Crippen LogP contribution in [0.25, 0.3) is 28.1 Å². The summed E-state index contributed by atoms with van der Waals surface area (Å²) in [6.07, 6.45) is 4.92. The van der Waals surface area contributed by atoms with Crippen molar-refractivity contribution in [1.82, 2.24) is 29.2 Å². The number of imidazole rings is 1. The summed E-state index contributed by atoms with van der Waals surface area (Å²) in [5.41, 5.74) is 6.02. The Morgan fingerprint density at radius 1 is 1.06 bits per heavy atom. The summed E-state index contributed by atoms with van der Waals surface area (Å²) in [5.74, 6) is 0.911. The highest BCUT2D eigenvalue weighted by molar-refractivity contribution is 7.85. The standard InChI is InChI=1S/C39H45N7O5S/c1-25-35(32-18-28-15-16-30(21-40-52(49)39(2,3)4)41-36(28)45(32)22-26-13-14-26)43-33-19-29(20-34(50-5)46(25)33)37(47)44-17-9-12-31(23-44)42-38(48)51-24-27-10-7-6-8-11-27/h6-8,10-11,15-16,18-21,26,31H,9,12-14,17,22-24H2,1-5H3,(H,42,48)/t31-,52-/m1/s1. The predicted octanol–water partition coefficient (Wildman–Crippen LogP) is 6.49. The molecule has 52 heavy (non-hydrogen) atoms. The molecule has 12 nitrogen and oxygen atoms in total. The number of carbonyl (C=O) groups is 2. The number of hydrogen-bond donors (Lipinski definition) is 1. The number of hydrogen-bond acceptors (Lipinski definition) is 7. The minimum absolute atomic E-state index is 0.152. The van der Waals surface area contributed by atoms with Crippen molar-refractivity contribution in [3.8, 4) is 17.3 Å². The number of rotatable bonds is 10. The van der Waals surface area contributed by atoms with E-state index in [0.29, 0.717) is 41.8 Å². The Labute approximate surface area is 305 Å². The van der Waals surface area contributed by atoms with Crippen LogP contribution in [0, 0.1) is 12.8 Å². The minimum atomic E-state index is -1.39. The number of nitrogens with zero attached hydrogens (tertiary/aromatic N) is 6. The van der Waals surface area contributed by atoms with Crippen molar-refractivity contribution in [1.29, 1.82) is 0 Å². The maximum Gasteiger partial charge on any atom is 0.407 e. The van der Waals surface area contributed by atoms with Crippen LogP contribution in [0.5, 0.6) is 5.88 Å². The highest BCUT2D eigenvalue weighted by Gasteiger charge is 2.29. The number of aryl methyl sites for hydroxylation is 1. The van der Waals surface area contributed by atoms with Gasteiger partial charge in [0, 0.05) is 42.7 Å². The van der Waals surface area contributed by atoms with Gasteiger partial charge in [-0.15, -0.1) is 0 Å². The van der Waals surface area contributed by atoms with E-state index in [1.165, 1.54) is 0 Å². The van der Waals surface area contributed by atoms with Crippen molar-refractivity contribution in [2.24, 2.45) is 10.3 Å². The van der Waals surface area contributed by atoms with Gasteiger partial charge in [0.1, 0.15) is 34.6 Å². The summed E-state index contributed by atoms with van der Waals surface area (Å²) in [4.78, 5) is 38.3. The van der Waals surface area contributed by atoms with E-state index in [0.717, 1.165) is 65.9 Å². The van der Waals surface area contributed by atoms with Crippen LogP contribution in [0.1, 0.15) is 73.8 Å². The summed E-state index contributed by atoms with van der Waals surface area (Å²) in [6.45, 7) is 9.62. The first-order chi connectivity index (χ1) is 25.0. The summed E-state index contributed by atoms with van der Waals surface area (Å²) >= 11 is 0. The molecule has 0 radical (unpaired) electrons. The molecule has 0 unspecified atom stereocenters. The van der Waals surface area contributed by atoms with E-state index in [1.807, 2.05) is 80.6 Å². The summed E-state index contributed by atoms with van der Waals surface area (Å²) in [5, 5.41) is 3.91. The first kappa shape index (κ1) is 35.4. The number of pyridine rings is 2. The van der Waals surface area contributed by atoms with Crippen LogP contribution in [0.2, 0.25) is 0 Å². The zero-order valence-electron chi connectivity index (χ0n) is 30.3. The van der Waals surface area contributed by atoms with Gasteiger partial charge in [0.05, 0.1) is 35.2 Å².